The van der Waals surface area contributed by atoms with Gasteiger partial charge in [-0.15, -0.1) is 0 Å². The van der Waals surface area contributed by atoms with Crippen molar-refractivity contribution in [3.63, 3.8) is 0 Å². The lowest BCUT2D eigenvalue weighted by Crippen LogP contribution is -2.29. The Morgan fingerprint density at radius 2 is 1.47 bits per heavy atom. The van der Waals surface area contributed by atoms with E-state index in [9.17, 15) is 14.4 Å². The van der Waals surface area contributed by atoms with Crippen molar-refractivity contribution < 1.29 is 28.6 Å². The molecule has 0 saturated carbocycles. The molecule has 4 rings (SSSR count). The minimum absolute atomic E-state index is 0.188. The molecular weight excluding hydrogens is 436 g/mol. The van der Waals surface area contributed by atoms with Crippen LogP contribution in [0, 0.1) is 0 Å². The summed E-state index contributed by atoms with van der Waals surface area (Å²) in [4.78, 5) is 39.8. The standard InChI is InChI=1S/C26H24N2O6/c1-3-33-20-11-7-19(8-12-20)28-25(30)22-13-4-17(16-23(22)26(28)31)24(29)27-18-5-9-21(10-6-18)34-15-14-32-2/h4-13,16H,3,14-15H2,1-2H3,(H,27,29). The van der Waals surface area contributed by atoms with Crippen LogP contribution in [0.2, 0.25) is 0 Å². The average molecular weight is 460 g/mol. The highest BCUT2D eigenvalue weighted by Gasteiger charge is 2.37. The Morgan fingerprint density at radius 1 is 0.824 bits per heavy atom. The lowest BCUT2D eigenvalue weighted by atomic mass is 10.1. The third kappa shape index (κ3) is 4.77. The summed E-state index contributed by atoms with van der Waals surface area (Å²) in [6, 6.07) is 18.1. The van der Waals surface area contributed by atoms with E-state index in [0.29, 0.717) is 42.7 Å². The molecule has 1 N–H and O–H groups in total. The van der Waals surface area contributed by atoms with Crippen LogP contribution in [0.5, 0.6) is 11.5 Å². The smallest absolute Gasteiger partial charge is 0.266 e. The molecule has 0 unspecified atom stereocenters. The Morgan fingerprint density at radius 3 is 2.15 bits per heavy atom. The van der Waals surface area contributed by atoms with Crippen molar-refractivity contribution in [3.8, 4) is 11.5 Å². The van der Waals surface area contributed by atoms with Crippen molar-refractivity contribution in [2.45, 2.75) is 6.92 Å². The van der Waals surface area contributed by atoms with Crippen molar-refractivity contribution >= 4 is 29.1 Å². The fourth-order valence-corrected chi connectivity index (χ4v) is 3.56. The van der Waals surface area contributed by atoms with E-state index in [1.807, 2.05) is 6.92 Å². The Bertz CT molecular complexity index is 1200. The number of ether oxygens (including phenoxy) is 3. The number of rotatable bonds is 9. The second-order valence-electron chi connectivity index (χ2n) is 7.45. The number of nitrogens with zero attached hydrogens (tertiary/aromatic N) is 1. The molecule has 1 aliphatic heterocycles. The van der Waals surface area contributed by atoms with Gasteiger partial charge < -0.3 is 19.5 Å². The van der Waals surface area contributed by atoms with E-state index in [2.05, 4.69) is 5.32 Å². The first-order chi connectivity index (χ1) is 16.5. The molecule has 174 valence electrons. The number of hydrogen-bond acceptors (Lipinski definition) is 6. The Balaban J connectivity index is 1.47. The predicted octanol–water partition coefficient (Wildman–Crippen LogP) is 4.16. The number of carbonyl (C=O) groups excluding carboxylic acids is 3. The molecule has 3 aromatic rings. The van der Waals surface area contributed by atoms with Crippen molar-refractivity contribution in [1.29, 1.82) is 0 Å². The minimum atomic E-state index is -0.476. The molecule has 0 atom stereocenters. The first kappa shape index (κ1) is 23.0. The van der Waals surface area contributed by atoms with Crippen molar-refractivity contribution in [1.82, 2.24) is 0 Å². The van der Waals surface area contributed by atoms with Gasteiger partial charge >= 0.3 is 0 Å². The molecule has 3 aromatic carbocycles. The van der Waals surface area contributed by atoms with Gasteiger partial charge in [0.1, 0.15) is 18.1 Å². The van der Waals surface area contributed by atoms with Gasteiger partial charge in [0.25, 0.3) is 17.7 Å². The molecule has 1 aliphatic rings. The van der Waals surface area contributed by atoms with Gasteiger partial charge in [0, 0.05) is 18.4 Å². The molecule has 0 saturated heterocycles. The summed E-state index contributed by atoms with van der Waals surface area (Å²) < 4.78 is 15.9. The summed E-state index contributed by atoms with van der Waals surface area (Å²) in [7, 11) is 1.60. The molecule has 0 bridgehead atoms. The van der Waals surface area contributed by atoms with E-state index in [-0.39, 0.29) is 16.7 Å². The molecule has 1 heterocycles. The third-order valence-corrected chi connectivity index (χ3v) is 5.22. The largest absolute Gasteiger partial charge is 0.494 e. The first-order valence-electron chi connectivity index (χ1n) is 10.8. The minimum Gasteiger partial charge on any atom is -0.494 e. The zero-order valence-electron chi connectivity index (χ0n) is 18.9. The zero-order valence-corrected chi connectivity index (χ0v) is 18.9. The van der Waals surface area contributed by atoms with Crippen LogP contribution in [-0.2, 0) is 4.74 Å². The van der Waals surface area contributed by atoms with Gasteiger partial charge in [0.05, 0.1) is 30.0 Å². The maximum atomic E-state index is 13.0. The highest BCUT2D eigenvalue weighted by molar-refractivity contribution is 6.34. The van der Waals surface area contributed by atoms with E-state index >= 15 is 0 Å². The highest BCUT2D eigenvalue weighted by Crippen LogP contribution is 2.30. The van der Waals surface area contributed by atoms with Gasteiger partial charge in [-0.05, 0) is 73.7 Å². The summed E-state index contributed by atoms with van der Waals surface area (Å²) in [6.45, 7) is 3.30. The van der Waals surface area contributed by atoms with Crippen LogP contribution >= 0.6 is 0 Å². The molecule has 0 radical (unpaired) electrons. The molecule has 8 heteroatoms. The Labute approximate surface area is 197 Å². The molecule has 0 aliphatic carbocycles. The quantitative estimate of drug-likeness (QED) is 0.381. The van der Waals surface area contributed by atoms with Crippen LogP contribution < -0.4 is 19.7 Å². The molecule has 0 aromatic heterocycles. The lowest BCUT2D eigenvalue weighted by molar-refractivity contribution is 0.0925. The summed E-state index contributed by atoms with van der Waals surface area (Å²) >= 11 is 0. The number of hydrogen-bond donors (Lipinski definition) is 1. The van der Waals surface area contributed by atoms with Gasteiger partial charge in [0.15, 0.2) is 0 Å². The molecule has 0 spiro atoms. The number of anilines is 2. The van der Waals surface area contributed by atoms with E-state index in [1.54, 1.807) is 55.6 Å². The monoisotopic (exact) mass is 460 g/mol. The second kappa shape index (κ2) is 10.2. The van der Waals surface area contributed by atoms with E-state index in [0.717, 1.165) is 4.90 Å². The third-order valence-electron chi connectivity index (χ3n) is 5.22. The summed E-state index contributed by atoms with van der Waals surface area (Å²) in [5, 5.41) is 2.79. The predicted molar refractivity (Wildman–Crippen MR) is 127 cm³/mol. The fraction of sp³-hybridized carbons (Fsp3) is 0.192. The zero-order chi connectivity index (χ0) is 24.1. The van der Waals surface area contributed by atoms with Gasteiger partial charge in [0.2, 0.25) is 0 Å². The Hall–Kier alpha value is -4.17. The summed E-state index contributed by atoms with van der Waals surface area (Å²) in [5.41, 5.74) is 1.73. The van der Waals surface area contributed by atoms with Crippen LogP contribution in [0.4, 0.5) is 11.4 Å². The number of amides is 3. The number of methoxy groups -OCH3 is 1. The molecule has 3 amide bonds. The van der Waals surface area contributed by atoms with Crippen LogP contribution in [-0.4, -0.2) is 44.7 Å². The van der Waals surface area contributed by atoms with Gasteiger partial charge in [-0.2, -0.15) is 0 Å². The topological polar surface area (TPSA) is 94.2 Å². The SMILES string of the molecule is CCOc1ccc(N2C(=O)c3ccc(C(=O)Nc4ccc(OCCOC)cc4)cc3C2=O)cc1. The number of imide groups is 1. The van der Waals surface area contributed by atoms with Gasteiger partial charge in [-0.3, -0.25) is 14.4 Å². The number of carbonyl (C=O) groups is 3. The van der Waals surface area contributed by atoms with E-state index in [1.165, 1.54) is 18.2 Å². The lowest BCUT2D eigenvalue weighted by Gasteiger charge is -2.14. The van der Waals surface area contributed by atoms with Crippen molar-refractivity contribution in [3.05, 3.63) is 83.4 Å². The number of fused-ring (bicyclic) bond motifs is 1. The molecule has 0 fully saturated rings. The Kier molecular flexibility index (Phi) is 6.89. The van der Waals surface area contributed by atoms with Crippen molar-refractivity contribution in [2.75, 3.05) is 37.1 Å². The van der Waals surface area contributed by atoms with Crippen LogP contribution in [0.3, 0.4) is 0 Å². The maximum Gasteiger partial charge on any atom is 0.266 e. The van der Waals surface area contributed by atoms with Gasteiger partial charge in [-0.1, -0.05) is 0 Å². The van der Waals surface area contributed by atoms with Gasteiger partial charge in [-0.25, -0.2) is 4.90 Å². The van der Waals surface area contributed by atoms with Crippen molar-refractivity contribution in [2.24, 2.45) is 0 Å². The molecule has 8 nitrogen and oxygen atoms in total. The maximum absolute atomic E-state index is 13.0. The van der Waals surface area contributed by atoms with Crippen LogP contribution in [0.25, 0.3) is 0 Å². The van der Waals surface area contributed by atoms with Crippen LogP contribution in [0.15, 0.2) is 66.7 Å². The summed E-state index contributed by atoms with van der Waals surface area (Å²) in [5.74, 6) is 0.00891. The van der Waals surface area contributed by atoms with E-state index in [4.69, 9.17) is 14.2 Å². The first-order valence-corrected chi connectivity index (χ1v) is 10.8. The van der Waals surface area contributed by atoms with Crippen LogP contribution in [0.1, 0.15) is 38.0 Å². The molecule has 34 heavy (non-hydrogen) atoms. The number of nitrogens with one attached hydrogen (secondary N) is 1. The summed E-state index contributed by atoms with van der Waals surface area (Å²) in [6.07, 6.45) is 0. The number of benzene rings is 3. The van der Waals surface area contributed by atoms with E-state index < -0.39 is 17.7 Å². The second-order valence-corrected chi connectivity index (χ2v) is 7.45. The normalized spacial score (nSPS) is 12.5. The average Bonchev–Trinajstić information content (AvgIpc) is 3.10. The molecular formula is C26H24N2O6. The fourth-order valence-electron chi connectivity index (χ4n) is 3.56. The highest BCUT2D eigenvalue weighted by atomic mass is 16.5.